The van der Waals surface area contributed by atoms with Crippen LogP contribution in [0.25, 0.3) is 0 Å². The predicted molar refractivity (Wildman–Crippen MR) is 130 cm³/mol. The molecule has 0 aliphatic carbocycles. The summed E-state index contributed by atoms with van der Waals surface area (Å²) >= 11 is 6.12. The predicted octanol–water partition coefficient (Wildman–Crippen LogP) is 4.64. The first-order valence-corrected chi connectivity index (χ1v) is 11.6. The maximum Gasteiger partial charge on any atom is 0.254 e. The first-order chi connectivity index (χ1) is 16.0. The van der Waals surface area contributed by atoms with Gasteiger partial charge < -0.3 is 14.5 Å². The van der Waals surface area contributed by atoms with Gasteiger partial charge in [-0.15, -0.1) is 0 Å². The van der Waals surface area contributed by atoms with Crippen molar-refractivity contribution in [2.24, 2.45) is 0 Å². The second-order valence-electron chi connectivity index (χ2n) is 8.58. The highest BCUT2D eigenvalue weighted by Crippen LogP contribution is 2.32. The fourth-order valence-corrected chi connectivity index (χ4v) is 4.29. The van der Waals surface area contributed by atoms with Gasteiger partial charge in [-0.2, -0.15) is 0 Å². The lowest BCUT2D eigenvalue weighted by Gasteiger charge is -2.24. The summed E-state index contributed by atoms with van der Waals surface area (Å²) in [6.45, 7) is 2.10. The van der Waals surface area contributed by atoms with E-state index in [1.165, 1.54) is 0 Å². The highest BCUT2D eigenvalue weighted by Gasteiger charge is 2.32. The van der Waals surface area contributed by atoms with Gasteiger partial charge in [-0.1, -0.05) is 29.8 Å². The van der Waals surface area contributed by atoms with Crippen molar-refractivity contribution >= 4 is 17.5 Å². The van der Waals surface area contributed by atoms with E-state index in [4.69, 9.17) is 21.3 Å². The van der Waals surface area contributed by atoms with E-state index >= 15 is 0 Å². The van der Waals surface area contributed by atoms with Crippen molar-refractivity contribution in [3.63, 3.8) is 0 Å². The molecule has 33 heavy (non-hydrogen) atoms. The molecule has 0 bridgehead atoms. The Kier molecular flexibility index (Phi) is 7.57. The van der Waals surface area contributed by atoms with Crippen LogP contribution in [0.3, 0.4) is 0 Å². The zero-order chi connectivity index (χ0) is 23.2. The first kappa shape index (κ1) is 23.2. The van der Waals surface area contributed by atoms with Gasteiger partial charge in [0.15, 0.2) is 0 Å². The Morgan fingerprint density at radius 3 is 2.85 bits per heavy atom. The molecular formula is C26H29ClN4O2. The zero-order valence-electron chi connectivity index (χ0n) is 19.1. The fourth-order valence-electron chi connectivity index (χ4n) is 4.07. The molecule has 3 aromatic rings. The summed E-state index contributed by atoms with van der Waals surface area (Å²) in [6.07, 6.45) is 6.02. The molecule has 0 spiro atoms. The topological polar surface area (TPSA) is 58.6 Å². The van der Waals surface area contributed by atoms with Crippen LogP contribution in [0.4, 0.5) is 0 Å². The molecule has 172 valence electrons. The number of carbonyl (C=O) groups is 1. The Hall–Kier alpha value is -2.96. The monoisotopic (exact) mass is 464 g/mol. The minimum Gasteiger partial charge on any atom is -0.492 e. The lowest BCUT2D eigenvalue weighted by Crippen LogP contribution is -2.31. The third kappa shape index (κ3) is 6.09. The van der Waals surface area contributed by atoms with Gasteiger partial charge in [-0.05, 0) is 62.8 Å². The van der Waals surface area contributed by atoms with Gasteiger partial charge in [-0.25, -0.2) is 0 Å². The maximum atomic E-state index is 13.4. The SMILES string of the molecule is CN(C)CCOc1cccc(C(=O)N2CCC[C@H]2c2cncc(Cc3cccc(Cl)c3)n2)c1. The van der Waals surface area contributed by atoms with Gasteiger partial charge >= 0.3 is 0 Å². The van der Waals surface area contributed by atoms with E-state index in [-0.39, 0.29) is 11.9 Å². The normalized spacial score (nSPS) is 15.8. The maximum absolute atomic E-state index is 13.4. The Morgan fingerprint density at radius 1 is 1.18 bits per heavy atom. The fraction of sp³-hybridized carbons (Fsp3) is 0.346. The number of aromatic nitrogens is 2. The van der Waals surface area contributed by atoms with Crippen LogP contribution in [0.1, 0.15) is 46.2 Å². The number of hydrogen-bond acceptors (Lipinski definition) is 5. The molecule has 7 heteroatoms. The Morgan fingerprint density at radius 2 is 2.03 bits per heavy atom. The van der Waals surface area contributed by atoms with E-state index in [1.54, 1.807) is 12.4 Å². The van der Waals surface area contributed by atoms with Gasteiger partial charge in [0, 0.05) is 36.3 Å². The molecule has 0 radical (unpaired) electrons. The van der Waals surface area contributed by atoms with Crippen molar-refractivity contribution in [3.8, 4) is 5.75 Å². The summed E-state index contributed by atoms with van der Waals surface area (Å²) in [5.74, 6) is 0.708. The van der Waals surface area contributed by atoms with Gasteiger partial charge in [0.2, 0.25) is 0 Å². The molecule has 1 aliphatic heterocycles. The molecule has 2 heterocycles. The summed E-state index contributed by atoms with van der Waals surface area (Å²) < 4.78 is 5.82. The van der Waals surface area contributed by atoms with Crippen molar-refractivity contribution in [1.82, 2.24) is 19.8 Å². The van der Waals surface area contributed by atoms with Crippen LogP contribution in [0.5, 0.6) is 5.75 Å². The van der Waals surface area contributed by atoms with Crippen molar-refractivity contribution in [1.29, 1.82) is 0 Å². The second-order valence-corrected chi connectivity index (χ2v) is 9.01. The minimum atomic E-state index is -0.0809. The Labute approximate surface area is 200 Å². The summed E-state index contributed by atoms with van der Waals surface area (Å²) in [4.78, 5) is 26.6. The van der Waals surface area contributed by atoms with Gasteiger partial charge in [-0.3, -0.25) is 14.8 Å². The summed E-state index contributed by atoms with van der Waals surface area (Å²) in [5, 5.41) is 0.706. The summed E-state index contributed by atoms with van der Waals surface area (Å²) in [7, 11) is 4.01. The van der Waals surface area contributed by atoms with Crippen LogP contribution in [0, 0.1) is 0 Å². The number of benzene rings is 2. The van der Waals surface area contributed by atoms with E-state index < -0.39 is 0 Å². The third-order valence-corrected chi connectivity index (χ3v) is 5.96. The van der Waals surface area contributed by atoms with Crippen LogP contribution in [-0.4, -0.2) is 59.5 Å². The van der Waals surface area contributed by atoms with Crippen LogP contribution in [-0.2, 0) is 6.42 Å². The first-order valence-electron chi connectivity index (χ1n) is 11.2. The molecule has 4 rings (SSSR count). The lowest BCUT2D eigenvalue weighted by atomic mass is 10.1. The molecule has 1 aromatic heterocycles. The zero-order valence-corrected chi connectivity index (χ0v) is 19.8. The number of rotatable bonds is 8. The van der Waals surface area contributed by atoms with E-state index in [0.29, 0.717) is 35.9 Å². The Balaban J connectivity index is 1.48. The minimum absolute atomic E-state index is 0.00222. The standard InChI is InChI=1S/C26H29ClN4O2/c1-30(2)12-13-33-23-9-4-7-20(16-23)26(32)31-11-5-10-25(31)24-18-28-17-22(29-24)15-19-6-3-8-21(27)14-19/h3-4,6-9,14,16-18,25H,5,10-13,15H2,1-2H3/t25-/m0/s1. The van der Waals surface area contributed by atoms with Gasteiger partial charge in [0.05, 0.1) is 23.6 Å². The number of amides is 1. The second kappa shape index (κ2) is 10.8. The molecule has 2 aromatic carbocycles. The van der Waals surface area contributed by atoms with Crippen LogP contribution in [0.2, 0.25) is 5.02 Å². The van der Waals surface area contributed by atoms with Crippen LogP contribution in [0.15, 0.2) is 60.9 Å². The highest BCUT2D eigenvalue weighted by atomic mass is 35.5. The number of nitrogens with zero attached hydrogens (tertiary/aromatic N) is 4. The third-order valence-electron chi connectivity index (χ3n) is 5.72. The van der Waals surface area contributed by atoms with Gasteiger partial charge in [0.1, 0.15) is 12.4 Å². The van der Waals surface area contributed by atoms with E-state index in [9.17, 15) is 4.79 Å². The van der Waals surface area contributed by atoms with Crippen molar-refractivity contribution in [2.45, 2.75) is 25.3 Å². The van der Waals surface area contributed by atoms with E-state index in [2.05, 4.69) is 9.88 Å². The number of likely N-dealkylation sites (tertiary alicyclic amines) is 1. The molecule has 1 amide bonds. The number of likely N-dealkylation sites (N-methyl/N-ethyl adjacent to an activating group) is 1. The highest BCUT2D eigenvalue weighted by molar-refractivity contribution is 6.30. The van der Waals surface area contributed by atoms with Gasteiger partial charge in [0.25, 0.3) is 5.91 Å². The number of halogens is 1. The molecule has 1 fully saturated rings. The molecule has 1 saturated heterocycles. The average Bonchev–Trinajstić information content (AvgIpc) is 3.29. The smallest absolute Gasteiger partial charge is 0.254 e. The molecule has 0 N–H and O–H groups in total. The molecule has 6 nitrogen and oxygen atoms in total. The molecule has 0 saturated carbocycles. The van der Waals surface area contributed by atoms with Crippen LogP contribution < -0.4 is 4.74 Å². The molecule has 0 unspecified atom stereocenters. The van der Waals surface area contributed by atoms with Crippen LogP contribution >= 0.6 is 11.6 Å². The average molecular weight is 465 g/mol. The molecule has 1 atom stereocenters. The van der Waals surface area contributed by atoms with Crippen molar-refractivity contribution in [3.05, 3.63) is 88.5 Å². The molecule has 1 aliphatic rings. The molecular weight excluding hydrogens is 436 g/mol. The van der Waals surface area contributed by atoms with Crippen molar-refractivity contribution < 1.29 is 9.53 Å². The Bertz CT molecular complexity index is 1100. The number of hydrogen-bond donors (Lipinski definition) is 0. The summed E-state index contributed by atoms with van der Waals surface area (Å²) in [5.41, 5.74) is 3.41. The van der Waals surface area contributed by atoms with Crippen molar-refractivity contribution in [2.75, 3.05) is 33.8 Å². The van der Waals surface area contributed by atoms with E-state index in [1.807, 2.05) is 67.5 Å². The quantitative estimate of drug-likeness (QED) is 0.486. The summed E-state index contributed by atoms with van der Waals surface area (Å²) in [6, 6.07) is 15.1. The number of carbonyl (C=O) groups excluding carboxylic acids is 1. The van der Waals surface area contributed by atoms with E-state index in [0.717, 1.165) is 36.3 Å². The lowest BCUT2D eigenvalue weighted by molar-refractivity contribution is 0.0732. The number of ether oxygens (including phenoxy) is 1. The largest absolute Gasteiger partial charge is 0.492 e.